The molecule has 8 heteroatoms. The molecule has 4 saturated carbocycles. The van der Waals surface area contributed by atoms with E-state index in [2.05, 4.69) is 26.0 Å². The fraction of sp³-hybridized carbons (Fsp3) is 0.500. The Kier molecular flexibility index (Phi) is 5.96. The average Bonchev–Trinajstić information content (AvgIpc) is 2.73. The van der Waals surface area contributed by atoms with Gasteiger partial charge in [-0.1, -0.05) is 22.0 Å². The second-order valence-electron chi connectivity index (χ2n) is 10.7. The smallest absolute Gasteiger partial charge is 0.262 e. The van der Waals surface area contributed by atoms with E-state index in [0.717, 1.165) is 19.3 Å². The molecule has 0 aliphatic heterocycles. The number of amides is 1. The Bertz CT molecular complexity index is 1200. The van der Waals surface area contributed by atoms with E-state index in [0.29, 0.717) is 40.9 Å². The second kappa shape index (κ2) is 8.55. The fourth-order valence-corrected chi connectivity index (χ4v) is 9.77. The molecule has 6 nitrogen and oxygen atoms in total. The summed E-state index contributed by atoms with van der Waals surface area (Å²) in [5.74, 6) is 2.05. The van der Waals surface area contributed by atoms with E-state index < -0.39 is 10.0 Å². The number of nitrogens with one attached hydrogen (secondary N) is 2. The molecule has 182 valence electrons. The number of anilines is 2. The van der Waals surface area contributed by atoms with Crippen LogP contribution in [0.15, 0.2) is 47.4 Å². The Morgan fingerprint density at radius 2 is 1.71 bits per heavy atom. The van der Waals surface area contributed by atoms with Gasteiger partial charge in [0.25, 0.3) is 10.0 Å². The summed E-state index contributed by atoms with van der Waals surface area (Å²) in [6.07, 6.45) is 7.57. The molecule has 4 bridgehead atoms. The van der Waals surface area contributed by atoms with Crippen molar-refractivity contribution in [2.75, 3.05) is 17.1 Å². The Balaban J connectivity index is 1.30. The van der Waals surface area contributed by atoms with Gasteiger partial charge in [-0.05, 0) is 105 Å². The molecule has 0 aromatic heterocycles. The highest BCUT2D eigenvalue weighted by Gasteiger charge is 2.57. The summed E-state index contributed by atoms with van der Waals surface area (Å²) in [6.45, 7) is 1.75. The van der Waals surface area contributed by atoms with Crippen LogP contribution >= 0.6 is 15.9 Å². The van der Waals surface area contributed by atoms with Gasteiger partial charge >= 0.3 is 0 Å². The monoisotopic (exact) mass is 546 g/mol. The number of hydrogen-bond acceptors (Lipinski definition) is 4. The third kappa shape index (κ3) is 4.71. The Hall–Kier alpha value is -2.06. The first kappa shape index (κ1) is 23.7. The van der Waals surface area contributed by atoms with Crippen molar-refractivity contribution in [2.24, 2.45) is 17.3 Å². The van der Waals surface area contributed by atoms with Gasteiger partial charge in [-0.15, -0.1) is 0 Å². The summed E-state index contributed by atoms with van der Waals surface area (Å²) in [7, 11) is -2.26. The van der Waals surface area contributed by atoms with Crippen molar-refractivity contribution in [1.82, 2.24) is 0 Å². The van der Waals surface area contributed by atoms with Gasteiger partial charge in [-0.2, -0.15) is 0 Å². The van der Waals surface area contributed by atoms with Gasteiger partial charge in [0.1, 0.15) is 5.75 Å². The molecule has 4 aliphatic carbocycles. The minimum atomic E-state index is -3.82. The van der Waals surface area contributed by atoms with Gasteiger partial charge in [-0.3, -0.25) is 9.52 Å². The number of aryl methyl sites for hydroxylation is 1. The third-order valence-corrected chi connectivity index (χ3v) is 10.2. The maximum Gasteiger partial charge on any atom is 0.262 e. The standard InChI is InChI=1S/C26H31BrN2O4S/c1-17-3-4-21(10-23(17)34(31,32)29-20-5-7-22(33-2)8-6-20)28-24(30)15-25-11-18-9-19(12-25)14-26(27,13-18)16-25/h3-8,10,18-19,29H,9,11-16H2,1-2H3,(H,28,30)/t18-,19-,25?,26?/m1/s1. The van der Waals surface area contributed by atoms with Crippen molar-refractivity contribution >= 4 is 43.2 Å². The number of benzene rings is 2. The zero-order chi connectivity index (χ0) is 24.1. The van der Waals surface area contributed by atoms with E-state index in [-0.39, 0.29) is 20.5 Å². The largest absolute Gasteiger partial charge is 0.497 e. The molecule has 0 unspecified atom stereocenters. The fourth-order valence-electron chi connectivity index (χ4n) is 6.93. The number of sulfonamides is 1. The normalized spacial score (nSPS) is 29.6. The van der Waals surface area contributed by atoms with Crippen LogP contribution in [-0.2, 0) is 14.8 Å². The number of halogens is 1. The molecular weight excluding hydrogens is 516 g/mol. The Morgan fingerprint density at radius 3 is 2.32 bits per heavy atom. The lowest BCUT2D eigenvalue weighted by Crippen LogP contribution is -2.53. The first-order valence-corrected chi connectivity index (χ1v) is 14.1. The SMILES string of the molecule is COc1ccc(NS(=O)(=O)c2cc(NC(=O)CC34C[C@H]5C[C@@H](CC(Br)(C5)C3)C4)ccc2C)cc1. The van der Waals surface area contributed by atoms with Gasteiger partial charge in [-0.25, -0.2) is 8.42 Å². The van der Waals surface area contributed by atoms with Crippen molar-refractivity contribution < 1.29 is 17.9 Å². The van der Waals surface area contributed by atoms with E-state index in [4.69, 9.17) is 4.74 Å². The number of rotatable bonds is 7. The minimum Gasteiger partial charge on any atom is -0.497 e. The first-order valence-electron chi connectivity index (χ1n) is 11.8. The van der Waals surface area contributed by atoms with Crippen LogP contribution in [0.1, 0.15) is 50.5 Å². The van der Waals surface area contributed by atoms with Crippen molar-refractivity contribution in [2.45, 2.75) is 61.1 Å². The predicted octanol–water partition coefficient (Wildman–Crippen LogP) is 5.87. The molecule has 2 aromatic carbocycles. The molecule has 2 atom stereocenters. The van der Waals surface area contributed by atoms with Gasteiger partial charge in [0.05, 0.1) is 12.0 Å². The maximum atomic E-state index is 13.1. The zero-order valence-corrected chi connectivity index (χ0v) is 22.0. The van der Waals surface area contributed by atoms with Crippen molar-refractivity contribution in [1.29, 1.82) is 0 Å². The highest BCUT2D eigenvalue weighted by molar-refractivity contribution is 9.10. The molecule has 34 heavy (non-hydrogen) atoms. The number of hydrogen-bond donors (Lipinski definition) is 2. The quantitative estimate of drug-likeness (QED) is 0.425. The summed E-state index contributed by atoms with van der Waals surface area (Å²) in [5.41, 5.74) is 1.62. The molecule has 0 heterocycles. The average molecular weight is 548 g/mol. The predicted molar refractivity (Wildman–Crippen MR) is 137 cm³/mol. The van der Waals surface area contributed by atoms with E-state index in [1.54, 1.807) is 56.5 Å². The van der Waals surface area contributed by atoms with Crippen molar-refractivity contribution in [3.8, 4) is 5.75 Å². The number of carbonyl (C=O) groups excluding carboxylic acids is 1. The summed E-state index contributed by atoms with van der Waals surface area (Å²) in [4.78, 5) is 13.2. The second-order valence-corrected chi connectivity index (χ2v) is 14.0. The summed E-state index contributed by atoms with van der Waals surface area (Å²) < 4.78 is 34.1. The van der Waals surface area contributed by atoms with Crippen molar-refractivity contribution in [3.05, 3.63) is 48.0 Å². The molecular formula is C26H31BrN2O4S. The molecule has 2 aromatic rings. The highest BCUT2D eigenvalue weighted by atomic mass is 79.9. The van der Waals surface area contributed by atoms with Crippen LogP contribution < -0.4 is 14.8 Å². The molecule has 4 fully saturated rings. The third-order valence-electron chi connectivity index (χ3n) is 7.75. The van der Waals surface area contributed by atoms with Gasteiger partial charge in [0, 0.05) is 22.1 Å². The number of carbonyl (C=O) groups is 1. The first-order chi connectivity index (χ1) is 16.1. The number of alkyl halides is 1. The topological polar surface area (TPSA) is 84.5 Å². The Labute approximate surface area is 210 Å². The lowest BCUT2D eigenvalue weighted by Gasteiger charge is -2.60. The lowest BCUT2D eigenvalue weighted by molar-refractivity contribution is -0.123. The molecule has 1 amide bonds. The van der Waals surface area contributed by atoms with Gasteiger partial charge < -0.3 is 10.1 Å². The van der Waals surface area contributed by atoms with Gasteiger partial charge in [0.2, 0.25) is 5.91 Å². The van der Waals surface area contributed by atoms with E-state index in [1.807, 2.05) is 0 Å². The van der Waals surface area contributed by atoms with Crippen LogP contribution in [0, 0.1) is 24.2 Å². The van der Waals surface area contributed by atoms with Crippen LogP contribution in [0.2, 0.25) is 0 Å². The van der Waals surface area contributed by atoms with E-state index >= 15 is 0 Å². The minimum absolute atomic E-state index is 0.0339. The van der Waals surface area contributed by atoms with Gasteiger partial charge in [0.15, 0.2) is 0 Å². The number of ether oxygens (including phenoxy) is 1. The summed E-state index contributed by atoms with van der Waals surface area (Å²) in [5, 5.41) is 2.99. The molecule has 0 radical (unpaired) electrons. The van der Waals surface area contributed by atoms with Crippen LogP contribution in [0.4, 0.5) is 11.4 Å². The lowest BCUT2D eigenvalue weighted by atomic mass is 9.48. The van der Waals surface area contributed by atoms with E-state index in [1.165, 1.54) is 19.3 Å². The van der Waals surface area contributed by atoms with Crippen LogP contribution in [-0.4, -0.2) is 25.8 Å². The zero-order valence-electron chi connectivity index (χ0n) is 19.6. The number of methoxy groups -OCH3 is 1. The van der Waals surface area contributed by atoms with E-state index in [9.17, 15) is 13.2 Å². The molecule has 4 aliphatic rings. The van der Waals surface area contributed by atoms with Crippen LogP contribution in [0.3, 0.4) is 0 Å². The molecule has 0 spiro atoms. The summed E-state index contributed by atoms with van der Waals surface area (Å²) >= 11 is 4.01. The maximum absolute atomic E-state index is 13.1. The molecule has 0 saturated heterocycles. The highest BCUT2D eigenvalue weighted by Crippen LogP contribution is 2.65. The van der Waals surface area contributed by atoms with Crippen molar-refractivity contribution in [3.63, 3.8) is 0 Å². The van der Waals surface area contributed by atoms with Crippen LogP contribution in [0.25, 0.3) is 0 Å². The Morgan fingerprint density at radius 1 is 1.06 bits per heavy atom. The van der Waals surface area contributed by atoms with Crippen LogP contribution in [0.5, 0.6) is 5.75 Å². The molecule has 6 rings (SSSR count). The molecule has 2 N–H and O–H groups in total. The summed E-state index contributed by atoms with van der Waals surface area (Å²) in [6, 6.07) is 11.7.